The van der Waals surface area contributed by atoms with Crippen molar-refractivity contribution in [3.05, 3.63) is 71.9 Å². The van der Waals surface area contributed by atoms with Crippen LogP contribution in [-0.4, -0.2) is 14.6 Å². The van der Waals surface area contributed by atoms with Crippen LogP contribution < -0.4 is 0 Å². The molecule has 1 aliphatic carbocycles. The summed E-state index contributed by atoms with van der Waals surface area (Å²) in [4.78, 5) is 4.25. The van der Waals surface area contributed by atoms with Gasteiger partial charge >= 0.3 is 0 Å². The van der Waals surface area contributed by atoms with E-state index in [-0.39, 0.29) is 0 Å². The fourth-order valence-electron chi connectivity index (χ4n) is 2.27. The van der Waals surface area contributed by atoms with Gasteiger partial charge in [-0.25, -0.2) is 9.50 Å². The summed E-state index contributed by atoms with van der Waals surface area (Å²) >= 11 is 0. The Labute approximate surface area is 112 Å². The first-order valence-electron chi connectivity index (χ1n) is 6.29. The molecule has 0 saturated carbocycles. The molecular formula is C16H15N3. The number of allylic oxidation sites excluding steroid dienone is 8. The SMILES string of the molecule is Cc1ncnn2c(C)c(C3=CC=CC=CC=C3)cc12. The summed E-state index contributed by atoms with van der Waals surface area (Å²) in [6.45, 7) is 4.09. The zero-order valence-corrected chi connectivity index (χ0v) is 11.0. The third-order valence-electron chi connectivity index (χ3n) is 3.31. The molecule has 3 nitrogen and oxygen atoms in total. The molecule has 3 heteroatoms. The molecular weight excluding hydrogens is 234 g/mol. The minimum Gasteiger partial charge on any atom is -0.238 e. The first-order chi connectivity index (χ1) is 9.27. The molecule has 2 aromatic rings. The summed E-state index contributed by atoms with van der Waals surface area (Å²) in [6.07, 6.45) is 16.0. The lowest BCUT2D eigenvalue weighted by molar-refractivity contribution is 0.857. The van der Waals surface area contributed by atoms with Gasteiger partial charge in [-0.05, 0) is 25.5 Å². The molecule has 0 spiro atoms. The zero-order chi connectivity index (χ0) is 13.2. The molecule has 0 saturated heterocycles. The van der Waals surface area contributed by atoms with Crippen molar-refractivity contribution < 1.29 is 0 Å². The van der Waals surface area contributed by atoms with Gasteiger partial charge in [0.2, 0.25) is 0 Å². The Balaban J connectivity index is 2.21. The average molecular weight is 249 g/mol. The van der Waals surface area contributed by atoms with Crippen LogP contribution in [0, 0.1) is 13.8 Å². The van der Waals surface area contributed by atoms with Crippen LogP contribution in [0.4, 0.5) is 0 Å². The fourth-order valence-corrected chi connectivity index (χ4v) is 2.27. The maximum Gasteiger partial charge on any atom is 0.136 e. The molecule has 94 valence electrons. The number of aromatic nitrogens is 3. The van der Waals surface area contributed by atoms with E-state index in [0.29, 0.717) is 0 Å². The highest BCUT2D eigenvalue weighted by molar-refractivity contribution is 5.80. The lowest BCUT2D eigenvalue weighted by Gasteiger charge is -2.02. The van der Waals surface area contributed by atoms with Gasteiger partial charge in [0.05, 0.1) is 11.2 Å². The highest BCUT2D eigenvalue weighted by Crippen LogP contribution is 2.25. The summed E-state index contributed by atoms with van der Waals surface area (Å²) in [6, 6.07) is 2.15. The largest absolute Gasteiger partial charge is 0.238 e. The van der Waals surface area contributed by atoms with Crippen LogP contribution in [-0.2, 0) is 0 Å². The number of nitrogens with zero attached hydrogens (tertiary/aromatic N) is 3. The van der Waals surface area contributed by atoms with Gasteiger partial charge in [-0.2, -0.15) is 5.10 Å². The Morgan fingerprint density at radius 1 is 1.00 bits per heavy atom. The van der Waals surface area contributed by atoms with Crippen LogP contribution in [0.25, 0.3) is 11.1 Å². The molecule has 0 atom stereocenters. The molecule has 3 rings (SSSR count). The van der Waals surface area contributed by atoms with E-state index in [4.69, 9.17) is 0 Å². The Kier molecular flexibility index (Phi) is 2.88. The summed E-state index contributed by atoms with van der Waals surface area (Å²) < 4.78 is 1.95. The van der Waals surface area contributed by atoms with Gasteiger partial charge in [0, 0.05) is 11.3 Å². The van der Waals surface area contributed by atoms with Gasteiger partial charge < -0.3 is 0 Å². The van der Waals surface area contributed by atoms with Gasteiger partial charge in [0.1, 0.15) is 6.33 Å². The van der Waals surface area contributed by atoms with E-state index in [2.05, 4.69) is 47.4 Å². The Hall–Kier alpha value is -2.42. The summed E-state index contributed by atoms with van der Waals surface area (Å²) in [5, 5.41) is 4.32. The predicted molar refractivity (Wildman–Crippen MR) is 77.9 cm³/mol. The lowest BCUT2D eigenvalue weighted by atomic mass is 10.0. The van der Waals surface area contributed by atoms with Gasteiger partial charge in [-0.15, -0.1) is 0 Å². The van der Waals surface area contributed by atoms with Crippen molar-refractivity contribution in [1.82, 2.24) is 14.6 Å². The molecule has 2 aromatic heterocycles. The molecule has 0 aliphatic heterocycles. The molecule has 2 heterocycles. The lowest BCUT2D eigenvalue weighted by Crippen LogP contribution is -1.97. The van der Waals surface area contributed by atoms with E-state index < -0.39 is 0 Å². The van der Waals surface area contributed by atoms with E-state index in [1.165, 1.54) is 11.1 Å². The number of hydrogen-bond acceptors (Lipinski definition) is 2. The van der Waals surface area contributed by atoms with Crippen LogP contribution >= 0.6 is 0 Å². The second-order valence-corrected chi connectivity index (χ2v) is 4.54. The normalized spacial score (nSPS) is 14.5. The molecule has 0 unspecified atom stereocenters. The first-order valence-corrected chi connectivity index (χ1v) is 6.29. The van der Waals surface area contributed by atoms with Gasteiger partial charge in [-0.3, -0.25) is 0 Å². The van der Waals surface area contributed by atoms with Crippen LogP contribution in [0.3, 0.4) is 0 Å². The van der Waals surface area contributed by atoms with Crippen molar-refractivity contribution in [2.24, 2.45) is 0 Å². The Morgan fingerprint density at radius 2 is 1.79 bits per heavy atom. The molecule has 0 N–H and O–H groups in total. The molecule has 0 fully saturated rings. The van der Waals surface area contributed by atoms with E-state index in [1.54, 1.807) is 6.33 Å². The molecule has 0 aromatic carbocycles. The minimum atomic E-state index is 0.996. The summed E-state index contributed by atoms with van der Waals surface area (Å²) in [5.41, 5.74) is 5.57. The maximum absolute atomic E-state index is 4.32. The standard InChI is InChI=1S/C16H15N3/c1-12-16-10-15(13(2)19(16)18-11-17-12)14-8-6-4-3-5-7-9-14/h3-11H,1-2H3. The van der Waals surface area contributed by atoms with Gasteiger partial charge in [0.15, 0.2) is 0 Å². The number of aryl methyl sites for hydroxylation is 2. The smallest absolute Gasteiger partial charge is 0.136 e. The van der Waals surface area contributed by atoms with Crippen LogP contribution in [0.1, 0.15) is 17.0 Å². The monoisotopic (exact) mass is 249 g/mol. The molecule has 1 aliphatic rings. The molecule has 19 heavy (non-hydrogen) atoms. The Morgan fingerprint density at radius 3 is 2.63 bits per heavy atom. The zero-order valence-electron chi connectivity index (χ0n) is 11.0. The van der Waals surface area contributed by atoms with Crippen molar-refractivity contribution in [2.75, 3.05) is 0 Å². The van der Waals surface area contributed by atoms with Crippen LogP contribution in [0.5, 0.6) is 0 Å². The average Bonchev–Trinajstić information content (AvgIpc) is 2.69. The molecule has 0 bridgehead atoms. The first kappa shape index (κ1) is 11.7. The minimum absolute atomic E-state index is 0.996. The quantitative estimate of drug-likeness (QED) is 0.775. The van der Waals surface area contributed by atoms with E-state index in [9.17, 15) is 0 Å². The summed E-state index contributed by atoms with van der Waals surface area (Å²) in [7, 11) is 0. The van der Waals surface area contributed by atoms with Crippen molar-refractivity contribution in [3.8, 4) is 0 Å². The van der Waals surface area contributed by atoms with Crippen molar-refractivity contribution in [3.63, 3.8) is 0 Å². The number of fused-ring (bicyclic) bond motifs is 1. The van der Waals surface area contributed by atoms with Crippen molar-refractivity contribution in [2.45, 2.75) is 13.8 Å². The van der Waals surface area contributed by atoms with Crippen LogP contribution in [0.15, 0.2) is 54.9 Å². The second-order valence-electron chi connectivity index (χ2n) is 4.54. The van der Waals surface area contributed by atoms with E-state index >= 15 is 0 Å². The van der Waals surface area contributed by atoms with E-state index in [1.807, 2.05) is 29.7 Å². The fraction of sp³-hybridized carbons (Fsp3) is 0.125. The number of hydrogen-bond donors (Lipinski definition) is 0. The topological polar surface area (TPSA) is 30.2 Å². The predicted octanol–water partition coefficient (Wildman–Crippen LogP) is 3.41. The third-order valence-corrected chi connectivity index (χ3v) is 3.31. The second kappa shape index (κ2) is 4.69. The third kappa shape index (κ3) is 2.03. The highest BCUT2D eigenvalue weighted by atomic mass is 15.2. The van der Waals surface area contributed by atoms with E-state index in [0.717, 1.165) is 16.9 Å². The highest BCUT2D eigenvalue weighted by Gasteiger charge is 2.11. The summed E-state index contributed by atoms with van der Waals surface area (Å²) in [5.74, 6) is 0. The van der Waals surface area contributed by atoms with Crippen molar-refractivity contribution in [1.29, 1.82) is 0 Å². The van der Waals surface area contributed by atoms with Gasteiger partial charge in [0.25, 0.3) is 0 Å². The molecule has 0 radical (unpaired) electrons. The maximum atomic E-state index is 4.32. The van der Waals surface area contributed by atoms with Gasteiger partial charge in [-0.1, -0.05) is 42.5 Å². The van der Waals surface area contributed by atoms with Crippen LogP contribution in [0.2, 0.25) is 0 Å². The Bertz CT molecular complexity index is 743. The number of rotatable bonds is 1. The molecule has 0 amide bonds. The van der Waals surface area contributed by atoms with Crippen molar-refractivity contribution >= 4 is 11.1 Å².